The highest BCUT2D eigenvalue weighted by atomic mass is 16.5. The van der Waals surface area contributed by atoms with Crippen LogP contribution in [0.3, 0.4) is 0 Å². The van der Waals surface area contributed by atoms with Crippen LogP contribution in [0.1, 0.15) is 17.8 Å². The lowest BCUT2D eigenvalue weighted by Crippen LogP contribution is -2.30. The number of nitrogens with zero attached hydrogens (tertiary/aromatic N) is 1. The number of carbonyl (C=O) groups is 1. The summed E-state index contributed by atoms with van der Waals surface area (Å²) in [4.78, 5) is 19.7. The third-order valence-electron chi connectivity index (χ3n) is 4.11. The van der Waals surface area contributed by atoms with E-state index in [1.54, 1.807) is 7.11 Å². The van der Waals surface area contributed by atoms with Crippen LogP contribution in [0, 0.1) is 0 Å². The molecular formula is C20H24N4O2. The van der Waals surface area contributed by atoms with Crippen LogP contribution in [-0.2, 0) is 17.6 Å². The molecule has 0 atom stereocenters. The van der Waals surface area contributed by atoms with E-state index in [0.29, 0.717) is 13.2 Å². The molecule has 0 aliphatic rings. The van der Waals surface area contributed by atoms with Crippen LogP contribution < -0.4 is 10.6 Å². The molecule has 0 fully saturated rings. The Kier molecular flexibility index (Phi) is 6.22. The number of imidazole rings is 1. The Hall–Kier alpha value is -2.86. The van der Waals surface area contributed by atoms with Gasteiger partial charge >= 0.3 is 6.03 Å². The number of aryl methyl sites for hydroxylation is 2. The van der Waals surface area contributed by atoms with E-state index in [0.717, 1.165) is 41.8 Å². The van der Waals surface area contributed by atoms with Crippen LogP contribution in [0.2, 0.25) is 0 Å². The van der Waals surface area contributed by atoms with Gasteiger partial charge in [-0.3, -0.25) is 0 Å². The Morgan fingerprint density at radius 2 is 1.92 bits per heavy atom. The Morgan fingerprint density at radius 3 is 2.69 bits per heavy atom. The van der Waals surface area contributed by atoms with Crippen LogP contribution in [0.25, 0.3) is 11.0 Å². The van der Waals surface area contributed by atoms with E-state index < -0.39 is 0 Å². The molecule has 0 radical (unpaired) electrons. The first-order valence-electron chi connectivity index (χ1n) is 8.81. The highest BCUT2D eigenvalue weighted by Crippen LogP contribution is 2.14. The van der Waals surface area contributed by atoms with Gasteiger partial charge in [-0.05, 0) is 42.7 Å². The second-order valence-electron chi connectivity index (χ2n) is 6.12. The predicted molar refractivity (Wildman–Crippen MR) is 103 cm³/mol. The van der Waals surface area contributed by atoms with Crippen LogP contribution >= 0.6 is 0 Å². The van der Waals surface area contributed by atoms with Gasteiger partial charge in [0.25, 0.3) is 0 Å². The molecule has 0 bridgehead atoms. The molecule has 2 aromatic carbocycles. The summed E-state index contributed by atoms with van der Waals surface area (Å²) in [5, 5.41) is 5.63. The molecule has 3 aromatic rings. The summed E-state index contributed by atoms with van der Waals surface area (Å²) in [6, 6.07) is 15.7. The molecule has 1 heterocycles. The Bertz CT molecular complexity index is 809. The molecule has 6 heteroatoms. The molecule has 1 aromatic heterocycles. The third-order valence-corrected chi connectivity index (χ3v) is 4.11. The summed E-state index contributed by atoms with van der Waals surface area (Å²) in [6.07, 6.45) is 2.54. The highest BCUT2D eigenvalue weighted by Gasteiger charge is 2.04. The Labute approximate surface area is 153 Å². The van der Waals surface area contributed by atoms with E-state index in [4.69, 9.17) is 4.74 Å². The number of ether oxygens (including phenoxy) is 1. The van der Waals surface area contributed by atoms with E-state index in [2.05, 4.69) is 20.6 Å². The zero-order chi connectivity index (χ0) is 18.2. The number of aromatic nitrogens is 2. The monoisotopic (exact) mass is 352 g/mol. The number of rotatable bonds is 8. The topological polar surface area (TPSA) is 79.0 Å². The number of H-pyrrole nitrogens is 1. The molecule has 0 spiro atoms. The molecule has 3 N–H and O–H groups in total. The minimum Gasteiger partial charge on any atom is -0.385 e. The second-order valence-corrected chi connectivity index (χ2v) is 6.12. The molecule has 3 rings (SSSR count). The van der Waals surface area contributed by atoms with Gasteiger partial charge in [0.2, 0.25) is 0 Å². The van der Waals surface area contributed by atoms with Crippen molar-refractivity contribution in [3.05, 3.63) is 59.9 Å². The van der Waals surface area contributed by atoms with E-state index >= 15 is 0 Å². The SMILES string of the molecule is COCCCNC(=O)Nc1ccc(CCc2nc3ccccc3[nH]2)cc1. The number of nitrogens with one attached hydrogen (secondary N) is 3. The number of urea groups is 1. The third kappa shape index (κ3) is 5.07. The van der Waals surface area contributed by atoms with Crippen molar-refractivity contribution in [3.63, 3.8) is 0 Å². The fourth-order valence-corrected chi connectivity index (χ4v) is 2.74. The van der Waals surface area contributed by atoms with Gasteiger partial charge in [-0.25, -0.2) is 9.78 Å². The summed E-state index contributed by atoms with van der Waals surface area (Å²) >= 11 is 0. The average molecular weight is 352 g/mol. The zero-order valence-electron chi connectivity index (χ0n) is 14.9. The minimum atomic E-state index is -0.198. The van der Waals surface area contributed by atoms with Gasteiger partial charge in [0, 0.05) is 32.4 Å². The van der Waals surface area contributed by atoms with Gasteiger partial charge in [0.1, 0.15) is 5.82 Å². The van der Waals surface area contributed by atoms with Gasteiger partial charge in [-0.1, -0.05) is 24.3 Å². The van der Waals surface area contributed by atoms with Crippen LogP contribution in [0.4, 0.5) is 10.5 Å². The first-order chi connectivity index (χ1) is 12.7. The summed E-state index contributed by atoms with van der Waals surface area (Å²) in [5.41, 5.74) is 4.05. The van der Waals surface area contributed by atoms with Crippen molar-refractivity contribution in [1.29, 1.82) is 0 Å². The number of carbonyl (C=O) groups excluding carboxylic acids is 1. The average Bonchev–Trinajstić information content (AvgIpc) is 3.08. The number of amides is 2. The number of hydrogen-bond donors (Lipinski definition) is 3. The fourth-order valence-electron chi connectivity index (χ4n) is 2.74. The molecule has 136 valence electrons. The lowest BCUT2D eigenvalue weighted by molar-refractivity contribution is 0.194. The molecule has 0 unspecified atom stereocenters. The number of aromatic amines is 1. The molecule has 6 nitrogen and oxygen atoms in total. The largest absolute Gasteiger partial charge is 0.385 e. The van der Waals surface area contributed by atoms with Crippen molar-refractivity contribution in [3.8, 4) is 0 Å². The summed E-state index contributed by atoms with van der Waals surface area (Å²) in [7, 11) is 1.65. The maximum absolute atomic E-state index is 11.8. The maximum atomic E-state index is 11.8. The summed E-state index contributed by atoms with van der Waals surface area (Å²) < 4.78 is 4.95. The lowest BCUT2D eigenvalue weighted by Gasteiger charge is -2.08. The van der Waals surface area contributed by atoms with Crippen molar-refractivity contribution < 1.29 is 9.53 Å². The smallest absolute Gasteiger partial charge is 0.319 e. The van der Waals surface area contributed by atoms with Crippen molar-refractivity contribution in [1.82, 2.24) is 15.3 Å². The van der Waals surface area contributed by atoms with Gasteiger partial charge in [0.05, 0.1) is 11.0 Å². The molecule has 2 amide bonds. The Morgan fingerprint density at radius 1 is 1.12 bits per heavy atom. The number of benzene rings is 2. The van der Waals surface area contributed by atoms with E-state index in [9.17, 15) is 4.79 Å². The molecule has 0 aliphatic carbocycles. The molecular weight excluding hydrogens is 328 g/mol. The molecule has 26 heavy (non-hydrogen) atoms. The van der Waals surface area contributed by atoms with Crippen LogP contribution in [-0.4, -0.2) is 36.3 Å². The van der Waals surface area contributed by atoms with Gasteiger partial charge < -0.3 is 20.4 Å². The number of fused-ring (bicyclic) bond motifs is 1. The molecule has 0 aliphatic heterocycles. The van der Waals surface area contributed by atoms with E-state index in [-0.39, 0.29) is 6.03 Å². The van der Waals surface area contributed by atoms with Crippen molar-refractivity contribution >= 4 is 22.8 Å². The van der Waals surface area contributed by atoms with E-state index in [1.165, 1.54) is 5.56 Å². The number of methoxy groups -OCH3 is 1. The predicted octanol–water partition coefficient (Wildman–Crippen LogP) is 3.51. The summed E-state index contributed by atoms with van der Waals surface area (Å²) in [6.45, 7) is 1.23. The normalized spacial score (nSPS) is 10.8. The van der Waals surface area contributed by atoms with Crippen LogP contribution in [0.15, 0.2) is 48.5 Å². The molecule has 0 saturated carbocycles. The molecule has 0 saturated heterocycles. The second kappa shape index (κ2) is 9.01. The zero-order valence-corrected chi connectivity index (χ0v) is 14.9. The van der Waals surface area contributed by atoms with E-state index in [1.807, 2.05) is 48.5 Å². The van der Waals surface area contributed by atoms with Gasteiger partial charge in [-0.2, -0.15) is 0 Å². The number of anilines is 1. The van der Waals surface area contributed by atoms with Crippen molar-refractivity contribution in [2.24, 2.45) is 0 Å². The van der Waals surface area contributed by atoms with Crippen LogP contribution in [0.5, 0.6) is 0 Å². The minimum absolute atomic E-state index is 0.198. The first-order valence-corrected chi connectivity index (χ1v) is 8.81. The Balaban J connectivity index is 1.47. The lowest BCUT2D eigenvalue weighted by atomic mass is 10.1. The summed E-state index contributed by atoms with van der Waals surface area (Å²) in [5.74, 6) is 0.990. The number of hydrogen-bond acceptors (Lipinski definition) is 3. The van der Waals surface area contributed by atoms with Crippen molar-refractivity contribution in [2.75, 3.05) is 25.6 Å². The maximum Gasteiger partial charge on any atom is 0.319 e. The highest BCUT2D eigenvalue weighted by molar-refractivity contribution is 5.89. The van der Waals surface area contributed by atoms with Gasteiger partial charge in [0.15, 0.2) is 0 Å². The van der Waals surface area contributed by atoms with Gasteiger partial charge in [-0.15, -0.1) is 0 Å². The number of para-hydroxylation sites is 2. The van der Waals surface area contributed by atoms with Crippen molar-refractivity contribution in [2.45, 2.75) is 19.3 Å². The first kappa shape index (κ1) is 17.9. The quantitative estimate of drug-likeness (QED) is 0.543. The standard InChI is InChI=1S/C20H24N4O2/c1-26-14-4-13-21-20(25)22-16-10-7-15(8-11-16)9-12-19-23-17-5-2-3-6-18(17)24-19/h2-3,5-8,10-11H,4,9,12-14H2,1H3,(H,23,24)(H2,21,22,25). The fraction of sp³-hybridized carbons (Fsp3) is 0.300.